The van der Waals surface area contributed by atoms with Crippen LogP contribution in [0.25, 0.3) is 0 Å². The quantitative estimate of drug-likeness (QED) is 0.823. The van der Waals surface area contributed by atoms with Crippen LogP contribution in [0, 0.1) is 6.92 Å². The first kappa shape index (κ1) is 17.1. The first-order chi connectivity index (χ1) is 10.9. The number of carbonyl (C=O) groups is 2. The normalized spacial score (nSPS) is 10.1. The molecule has 23 heavy (non-hydrogen) atoms. The second-order valence-corrected chi connectivity index (χ2v) is 5.56. The highest BCUT2D eigenvalue weighted by Gasteiger charge is 2.16. The number of hydrogen-bond acceptors (Lipinski definition) is 3. The summed E-state index contributed by atoms with van der Waals surface area (Å²) < 4.78 is 5.11. The molecule has 0 heterocycles. The van der Waals surface area contributed by atoms with E-state index in [1.165, 1.54) is 13.2 Å². The highest BCUT2D eigenvalue weighted by Crippen LogP contribution is 2.27. The van der Waals surface area contributed by atoms with E-state index in [0.717, 1.165) is 5.56 Å². The molecule has 120 valence electrons. The molecule has 2 rings (SSSR count). The van der Waals surface area contributed by atoms with Crippen molar-refractivity contribution in [2.24, 2.45) is 0 Å². The SMILES string of the molecule is COc1ccc(Cl)cc1NC(=O)C(=O)Nc1ccc(C)c(Cl)c1. The second-order valence-electron chi connectivity index (χ2n) is 4.72. The lowest BCUT2D eigenvalue weighted by molar-refractivity contribution is -0.133. The van der Waals surface area contributed by atoms with Crippen LogP contribution in [-0.2, 0) is 9.59 Å². The van der Waals surface area contributed by atoms with Gasteiger partial charge in [0.1, 0.15) is 5.75 Å². The summed E-state index contributed by atoms with van der Waals surface area (Å²) in [5.74, 6) is -1.27. The minimum absolute atomic E-state index is 0.307. The third-order valence-electron chi connectivity index (χ3n) is 3.05. The predicted octanol–water partition coefficient (Wildman–Crippen LogP) is 3.89. The van der Waals surface area contributed by atoms with Gasteiger partial charge in [0.2, 0.25) is 0 Å². The topological polar surface area (TPSA) is 67.4 Å². The molecule has 0 aromatic heterocycles. The van der Waals surface area contributed by atoms with Crippen LogP contribution < -0.4 is 15.4 Å². The highest BCUT2D eigenvalue weighted by molar-refractivity contribution is 6.44. The zero-order valence-electron chi connectivity index (χ0n) is 12.4. The number of halogens is 2. The standard InChI is InChI=1S/C16H14Cl2N2O3/c1-9-3-5-11(8-12(9)18)19-15(21)16(22)20-13-7-10(17)4-6-14(13)23-2/h3-8H,1-2H3,(H,19,21)(H,20,22). The zero-order chi connectivity index (χ0) is 17.0. The lowest BCUT2D eigenvalue weighted by Crippen LogP contribution is -2.29. The zero-order valence-corrected chi connectivity index (χ0v) is 14.0. The molecule has 0 saturated heterocycles. The van der Waals surface area contributed by atoms with Crippen LogP contribution in [0.15, 0.2) is 36.4 Å². The minimum Gasteiger partial charge on any atom is -0.495 e. The van der Waals surface area contributed by atoms with Crippen molar-refractivity contribution in [2.75, 3.05) is 17.7 Å². The molecule has 0 spiro atoms. The van der Waals surface area contributed by atoms with Crippen molar-refractivity contribution in [1.82, 2.24) is 0 Å². The van der Waals surface area contributed by atoms with Crippen molar-refractivity contribution in [3.63, 3.8) is 0 Å². The van der Waals surface area contributed by atoms with Crippen LogP contribution >= 0.6 is 23.2 Å². The van der Waals surface area contributed by atoms with E-state index >= 15 is 0 Å². The molecule has 0 aliphatic heterocycles. The fourth-order valence-electron chi connectivity index (χ4n) is 1.82. The van der Waals surface area contributed by atoms with Crippen molar-refractivity contribution in [2.45, 2.75) is 6.92 Å². The summed E-state index contributed by atoms with van der Waals surface area (Å²) in [5.41, 5.74) is 1.61. The molecule has 0 bridgehead atoms. The Labute approximate surface area is 143 Å². The molecule has 2 N–H and O–H groups in total. The van der Waals surface area contributed by atoms with E-state index in [0.29, 0.717) is 27.2 Å². The van der Waals surface area contributed by atoms with E-state index in [4.69, 9.17) is 27.9 Å². The number of carbonyl (C=O) groups excluding carboxylic acids is 2. The number of ether oxygens (including phenoxy) is 1. The summed E-state index contributed by atoms with van der Waals surface area (Å²) in [6.45, 7) is 1.84. The number of hydrogen-bond donors (Lipinski definition) is 2. The van der Waals surface area contributed by atoms with Gasteiger partial charge in [-0.1, -0.05) is 29.3 Å². The molecule has 0 fully saturated rings. The summed E-state index contributed by atoms with van der Waals surface area (Å²) in [4.78, 5) is 24.0. The third kappa shape index (κ3) is 4.37. The summed E-state index contributed by atoms with van der Waals surface area (Å²) in [6.07, 6.45) is 0. The minimum atomic E-state index is -0.845. The number of aryl methyl sites for hydroxylation is 1. The molecule has 0 radical (unpaired) electrons. The molecule has 7 heteroatoms. The van der Waals surface area contributed by atoms with Gasteiger partial charge in [0.05, 0.1) is 12.8 Å². The molecule has 2 aromatic carbocycles. The number of anilines is 2. The molecule has 2 amide bonds. The average Bonchev–Trinajstić information content (AvgIpc) is 2.51. The van der Waals surface area contributed by atoms with Crippen molar-refractivity contribution >= 4 is 46.4 Å². The molecular formula is C16H14Cl2N2O3. The maximum absolute atomic E-state index is 12.0. The maximum atomic E-state index is 12.0. The maximum Gasteiger partial charge on any atom is 0.314 e. The first-order valence-corrected chi connectivity index (χ1v) is 7.38. The largest absolute Gasteiger partial charge is 0.495 e. The van der Waals surface area contributed by atoms with Crippen LogP contribution in [0.4, 0.5) is 11.4 Å². The van der Waals surface area contributed by atoms with Gasteiger partial charge in [-0.15, -0.1) is 0 Å². The summed E-state index contributed by atoms with van der Waals surface area (Å²) in [6, 6.07) is 9.68. The molecule has 0 aliphatic rings. The predicted molar refractivity (Wildman–Crippen MR) is 91.5 cm³/mol. The third-order valence-corrected chi connectivity index (χ3v) is 3.69. The van der Waals surface area contributed by atoms with Gasteiger partial charge in [-0.2, -0.15) is 0 Å². The molecular weight excluding hydrogens is 339 g/mol. The van der Waals surface area contributed by atoms with Crippen molar-refractivity contribution < 1.29 is 14.3 Å². The monoisotopic (exact) mass is 352 g/mol. The Hall–Kier alpha value is -2.24. The van der Waals surface area contributed by atoms with Gasteiger partial charge in [-0.05, 0) is 42.8 Å². The fraction of sp³-hybridized carbons (Fsp3) is 0.125. The van der Waals surface area contributed by atoms with Crippen molar-refractivity contribution in [1.29, 1.82) is 0 Å². The molecule has 0 atom stereocenters. The number of amides is 2. The second kappa shape index (κ2) is 7.35. The molecule has 0 unspecified atom stereocenters. The van der Waals surface area contributed by atoms with Gasteiger partial charge in [-0.3, -0.25) is 9.59 Å². The van der Waals surface area contributed by atoms with E-state index in [-0.39, 0.29) is 0 Å². The van der Waals surface area contributed by atoms with Gasteiger partial charge in [-0.25, -0.2) is 0 Å². The van der Waals surface area contributed by atoms with Crippen LogP contribution in [0.1, 0.15) is 5.56 Å². The Balaban J connectivity index is 2.10. The number of rotatable bonds is 3. The Bertz CT molecular complexity index is 763. The Morgan fingerprint density at radius 2 is 1.70 bits per heavy atom. The van der Waals surface area contributed by atoms with Gasteiger partial charge in [0.15, 0.2) is 0 Å². The Kier molecular flexibility index (Phi) is 5.47. The van der Waals surface area contributed by atoms with E-state index in [2.05, 4.69) is 10.6 Å². The van der Waals surface area contributed by atoms with Crippen LogP contribution in [0.3, 0.4) is 0 Å². The molecule has 0 saturated carbocycles. The summed E-state index contributed by atoms with van der Waals surface area (Å²) in [7, 11) is 1.45. The Morgan fingerprint density at radius 1 is 1.00 bits per heavy atom. The molecule has 0 aliphatic carbocycles. The van der Waals surface area contributed by atoms with Gasteiger partial charge in [0.25, 0.3) is 0 Å². The van der Waals surface area contributed by atoms with Crippen LogP contribution in [0.2, 0.25) is 10.0 Å². The van der Waals surface area contributed by atoms with Crippen LogP contribution in [-0.4, -0.2) is 18.9 Å². The fourth-order valence-corrected chi connectivity index (χ4v) is 2.17. The van der Waals surface area contributed by atoms with E-state index < -0.39 is 11.8 Å². The van der Waals surface area contributed by atoms with Crippen LogP contribution in [0.5, 0.6) is 5.75 Å². The number of nitrogens with one attached hydrogen (secondary N) is 2. The number of methoxy groups -OCH3 is 1. The summed E-state index contributed by atoms with van der Waals surface area (Å²) >= 11 is 11.9. The smallest absolute Gasteiger partial charge is 0.314 e. The molecule has 5 nitrogen and oxygen atoms in total. The van der Waals surface area contributed by atoms with E-state index in [9.17, 15) is 9.59 Å². The first-order valence-electron chi connectivity index (χ1n) is 6.62. The average molecular weight is 353 g/mol. The van der Waals surface area contributed by atoms with E-state index in [1.54, 1.807) is 30.3 Å². The van der Waals surface area contributed by atoms with Crippen molar-refractivity contribution in [3.05, 3.63) is 52.0 Å². The van der Waals surface area contributed by atoms with Gasteiger partial charge < -0.3 is 15.4 Å². The van der Waals surface area contributed by atoms with Crippen molar-refractivity contribution in [3.8, 4) is 5.75 Å². The van der Waals surface area contributed by atoms with E-state index in [1.807, 2.05) is 6.92 Å². The lowest BCUT2D eigenvalue weighted by atomic mass is 10.2. The summed E-state index contributed by atoms with van der Waals surface area (Å²) in [5, 5.41) is 5.84. The van der Waals surface area contributed by atoms with Gasteiger partial charge in [0, 0.05) is 15.7 Å². The lowest BCUT2D eigenvalue weighted by Gasteiger charge is -2.11. The molecule has 2 aromatic rings. The highest BCUT2D eigenvalue weighted by atomic mass is 35.5. The number of benzene rings is 2. The van der Waals surface area contributed by atoms with Gasteiger partial charge >= 0.3 is 11.8 Å². The Morgan fingerprint density at radius 3 is 2.35 bits per heavy atom.